The van der Waals surface area contributed by atoms with Gasteiger partial charge in [0.05, 0.1) is 0 Å². The maximum absolute atomic E-state index is 5.27. The summed E-state index contributed by atoms with van der Waals surface area (Å²) in [5, 5.41) is 0. The van der Waals surface area contributed by atoms with Crippen LogP contribution in [0.15, 0.2) is 0 Å². The lowest BCUT2D eigenvalue weighted by atomic mass is 10.3. The van der Waals surface area contributed by atoms with Crippen LogP contribution in [0.1, 0.15) is 20.8 Å². The van der Waals surface area contributed by atoms with E-state index >= 15 is 0 Å². The molecule has 0 amide bonds. The molecule has 0 bridgehead atoms. The molecule has 0 aromatic carbocycles. The first-order chi connectivity index (χ1) is 3.42. The van der Waals surface area contributed by atoms with Gasteiger partial charge in [-0.25, -0.2) is 0 Å². The van der Waals surface area contributed by atoms with E-state index in [0.717, 1.165) is 0 Å². The largest absolute Gasteiger partial charge is 0.385 e. The van der Waals surface area contributed by atoms with E-state index < -0.39 is 0 Å². The topological polar surface area (TPSA) is 26.0 Å². The Bertz CT molecular complexity index is 93.1. The van der Waals surface area contributed by atoms with Crippen molar-refractivity contribution in [2.75, 3.05) is 0 Å². The van der Waals surface area contributed by atoms with Crippen LogP contribution in [0.2, 0.25) is 0 Å². The first-order valence-corrected chi connectivity index (χ1v) is 3.63. The van der Waals surface area contributed by atoms with Gasteiger partial charge in [-0.15, -0.1) is 0 Å². The maximum Gasteiger partial charge on any atom is 0.131 e. The minimum atomic E-state index is 0.172. The van der Waals surface area contributed by atoms with Gasteiger partial charge in [0.25, 0.3) is 0 Å². The van der Waals surface area contributed by atoms with Crippen molar-refractivity contribution in [1.29, 1.82) is 0 Å². The highest BCUT2D eigenvalue weighted by atomic mass is 32.2. The Hall–Kier alpha value is 0.240. The summed E-state index contributed by atoms with van der Waals surface area (Å²) >= 11 is 6.21. The Kier molecular flexibility index (Phi) is 2.77. The molecule has 0 aliphatic carbocycles. The van der Waals surface area contributed by atoms with E-state index in [4.69, 9.17) is 5.73 Å². The third kappa shape index (κ3) is 6.24. The molecule has 0 aromatic heterocycles. The van der Waals surface area contributed by atoms with Gasteiger partial charge in [0.2, 0.25) is 0 Å². The molecule has 0 aromatic rings. The molecular formula is C5H11NS2. The lowest BCUT2D eigenvalue weighted by Crippen LogP contribution is -2.15. The molecule has 0 saturated heterocycles. The van der Waals surface area contributed by atoms with Crippen LogP contribution in [-0.2, 0) is 0 Å². The normalized spacial score (nSPS) is 11.4. The van der Waals surface area contributed by atoms with Crippen molar-refractivity contribution in [1.82, 2.24) is 0 Å². The zero-order valence-corrected chi connectivity index (χ0v) is 7.03. The molecule has 2 N–H and O–H groups in total. The number of nitrogens with two attached hydrogens (primary N) is 1. The molecular weight excluding hydrogens is 138 g/mol. The van der Waals surface area contributed by atoms with Gasteiger partial charge < -0.3 is 5.73 Å². The molecule has 0 atom stereocenters. The molecule has 1 nitrogen and oxygen atoms in total. The summed E-state index contributed by atoms with van der Waals surface area (Å²) in [6.07, 6.45) is 0. The molecule has 0 radical (unpaired) electrons. The third-order valence-corrected chi connectivity index (χ3v) is 1.47. The Balaban J connectivity index is 3.55. The maximum atomic E-state index is 5.27. The fourth-order valence-corrected chi connectivity index (χ4v) is 1.66. The minimum Gasteiger partial charge on any atom is -0.385 e. The van der Waals surface area contributed by atoms with Crippen LogP contribution in [0, 0.1) is 0 Å². The van der Waals surface area contributed by atoms with Crippen molar-refractivity contribution in [3.05, 3.63) is 0 Å². The van der Waals surface area contributed by atoms with Gasteiger partial charge in [-0.05, 0) is 0 Å². The summed E-state index contributed by atoms with van der Waals surface area (Å²) in [6, 6.07) is 0. The van der Waals surface area contributed by atoms with Crippen molar-refractivity contribution >= 4 is 28.3 Å². The van der Waals surface area contributed by atoms with Crippen LogP contribution >= 0.6 is 24.0 Å². The van der Waals surface area contributed by atoms with Gasteiger partial charge in [0.1, 0.15) is 4.32 Å². The Morgan fingerprint density at radius 3 is 1.88 bits per heavy atom. The quantitative estimate of drug-likeness (QED) is 0.531. The first kappa shape index (κ1) is 8.24. The SMILES string of the molecule is CC(C)(C)SC(N)=S. The Labute approximate surface area is 60.0 Å². The van der Waals surface area contributed by atoms with E-state index in [0.29, 0.717) is 4.32 Å². The fourth-order valence-electron chi connectivity index (χ4n) is 0.302. The predicted molar refractivity (Wildman–Crippen MR) is 44.1 cm³/mol. The van der Waals surface area contributed by atoms with Crippen LogP contribution in [-0.4, -0.2) is 9.07 Å². The van der Waals surface area contributed by atoms with Crippen molar-refractivity contribution in [2.45, 2.75) is 25.5 Å². The molecule has 8 heavy (non-hydrogen) atoms. The number of hydrogen-bond donors (Lipinski definition) is 1. The number of thioether (sulfide) groups is 1. The van der Waals surface area contributed by atoms with Crippen LogP contribution in [0.3, 0.4) is 0 Å². The molecule has 3 heteroatoms. The highest BCUT2D eigenvalue weighted by Gasteiger charge is 2.10. The van der Waals surface area contributed by atoms with Gasteiger partial charge in [-0.3, -0.25) is 0 Å². The van der Waals surface area contributed by atoms with Crippen molar-refractivity contribution in [2.24, 2.45) is 5.73 Å². The van der Waals surface area contributed by atoms with E-state index in [1.54, 1.807) is 0 Å². The number of hydrogen-bond acceptors (Lipinski definition) is 2. The van der Waals surface area contributed by atoms with Crippen molar-refractivity contribution in [3.63, 3.8) is 0 Å². The lowest BCUT2D eigenvalue weighted by Gasteiger charge is -2.14. The molecule has 0 saturated carbocycles. The zero-order valence-electron chi connectivity index (χ0n) is 5.39. The smallest absolute Gasteiger partial charge is 0.131 e. The summed E-state index contributed by atoms with van der Waals surface area (Å²) in [7, 11) is 0. The number of thiocarbonyl (C=S) groups is 1. The molecule has 0 unspecified atom stereocenters. The highest BCUT2D eigenvalue weighted by Crippen LogP contribution is 2.22. The predicted octanol–water partition coefficient (Wildman–Crippen LogP) is 1.76. The summed E-state index contributed by atoms with van der Waals surface area (Å²) in [6.45, 7) is 6.24. The van der Waals surface area contributed by atoms with E-state index in [1.165, 1.54) is 11.8 Å². The summed E-state index contributed by atoms with van der Waals surface area (Å²) < 4.78 is 0.698. The van der Waals surface area contributed by atoms with E-state index in [9.17, 15) is 0 Å². The van der Waals surface area contributed by atoms with Crippen LogP contribution < -0.4 is 5.73 Å². The van der Waals surface area contributed by atoms with Crippen molar-refractivity contribution < 1.29 is 0 Å². The van der Waals surface area contributed by atoms with E-state index in [1.807, 2.05) is 0 Å². The van der Waals surface area contributed by atoms with Crippen LogP contribution in [0.5, 0.6) is 0 Å². The second-order valence-electron chi connectivity index (χ2n) is 2.53. The van der Waals surface area contributed by atoms with Crippen LogP contribution in [0.4, 0.5) is 0 Å². The second kappa shape index (κ2) is 2.69. The average Bonchev–Trinajstić information content (AvgIpc) is 1.21. The van der Waals surface area contributed by atoms with Gasteiger partial charge >= 0.3 is 0 Å². The van der Waals surface area contributed by atoms with Gasteiger partial charge in [0.15, 0.2) is 0 Å². The monoisotopic (exact) mass is 149 g/mol. The van der Waals surface area contributed by atoms with Crippen molar-refractivity contribution in [3.8, 4) is 0 Å². The molecule has 0 aliphatic rings. The van der Waals surface area contributed by atoms with Gasteiger partial charge in [-0.1, -0.05) is 44.8 Å². The zero-order chi connectivity index (χ0) is 6.78. The van der Waals surface area contributed by atoms with Gasteiger partial charge in [0, 0.05) is 4.75 Å². The molecule has 0 spiro atoms. The Morgan fingerprint density at radius 2 is 1.88 bits per heavy atom. The summed E-state index contributed by atoms with van der Waals surface area (Å²) in [5.41, 5.74) is 5.27. The second-order valence-corrected chi connectivity index (χ2v) is 5.10. The lowest BCUT2D eigenvalue weighted by molar-refractivity contribution is 0.809. The third-order valence-electron chi connectivity index (χ3n) is 0.407. The average molecular weight is 149 g/mol. The molecule has 0 aliphatic heterocycles. The fraction of sp³-hybridized carbons (Fsp3) is 0.800. The van der Waals surface area contributed by atoms with E-state index in [-0.39, 0.29) is 4.75 Å². The summed E-state index contributed by atoms with van der Waals surface area (Å²) in [4.78, 5) is 0. The minimum absolute atomic E-state index is 0.172. The van der Waals surface area contributed by atoms with Crippen LogP contribution in [0.25, 0.3) is 0 Å². The Morgan fingerprint density at radius 1 is 1.50 bits per heavy atom. The molecule has 48 valence electrons. The first-order valence-electron chi connectivity index (χ1n) is 2.40. The molecule has 0 fully saturated rings. The van der Waals surface area contributed by atoms with Gasteiger partial charge in [-0.2, -0.15) is 0 Å². The standard InChI is InChI=1S/C5H11NS2/c1-5(2,3)8-4(6)7/h1-3H3,(H2,6,7). The van der Waals surface area contributed by atoms with E-state index in [2.05, 4.69) is 33.0 Å². The summed E-state index contributed by atoms with van der Waals surface area (Å²) in [5.74, 6) is 0. The molecule has 0 rings (SSSR count). The highest BCUT2D eigenvalue weighted by molar-refractivity contribution is 8.23. The molecule has 0 heterocycles. The number of rotatable bonds is 0.